The van der Waals surface area contributed by atoms with Crippen LogP contribution >= 0.6 is 0 Å². The van der Waals surface area contributed by atoms with E-state index in [0.29, 0.717) is 37.7 Å². The summed E-state index contributed by atoms with van der Waals surface area (Å²) < 4.78 is 17.6. The number of carbonyl (C=O) groups is 1. The fraction of sp³-hybridized carbons (Fsp3) is 0.737. The lowest BCUT2D eigenvalue weighted by atomic mass is 9.84. The zero-order valence-electron chi connectivity index (χ0n) is 18.0. The van der Waals surface area contributed by atoms with Gasteiger partial charge in [0.25, 0.3) is 0 Å². The maximum Gasteiger partial charge on any atom is 0.514 e. The molecule has 0 saturated carbocycles. The second kappa shape index (κ2) is 7.19. The van der Waals surface area contributed by atoms with Gasteiger partial charge in [-0.15, -0.1) is 0 Å². The van der Waals surface area contributed by atoms with Crippen LogP contribution in [-0.2, 0) is 14.0 Å². The highest BCUT2D eigenvalue weighted by atomic mass is 16.7. The monoisotopic (exact) mass is 390 g/mol. The molecule has 0 aliphatic carbocycles. The maximum absolute atomic E-state index is 12.2. The van der Waals surface area contributed by atoms with Crippen molar-refractivity contribution in [1.29, 1.82) is 0 Å². The van der Waals surface area contributed by atoms with Gasteiger partial charge < -0.3 is 23.8 Å². The van der Waals surface area contributed by atoms with Crippen molar-refractivity contribution in [2.24, 2.45) is 0 Å². The van der Waals surface area contributed by atoms with Gasteiger partial charge in [-0.3, -0.25) is 0 Å². The molecule has 1 aromatic rings. The van der Waals surface area contributed by atoms with Crippen molar-refractivity contribution in [2.75, 3.05) is 31.1 Å². The average Bonchev–Trinajstić information content (AvgIpc) is 2.81. The molecule has 0 unspecified atom stereocenters. The molecule has 28 heavy (non-hydrogen) atoms. The van der Waals surface area contributed by atoms with E-state index in [1.54, 1.807) is 11.1 Å². The number of aromatic nitrogens is 2. The zero-order valence-corrected chi connectivity index (χ0v) is 18.0. The van der Waals surface area contributed by atoms with Gasteiger partial charge in [0.2, 0.25) is 5.95 Å². The SMILES string of the molecule is CC(C)(C)OC(=O)N1CCN(c2nccc(B3OC(C)(C)C(C)(C)O3)n2)CC1. The number of rotatable bonds is 2. The molecule has 3 heterocycles. The highest BCUT2D eigenvalue weighted by Crippen LogP contribution is 2.36. The second-order valence-electron chi connectivity index (χ2n) is 9.32. The van der Waals surface area contributed by atoms with Crippen molar-refractivity contribution in [3.8, 4) is 0 Å². The Morgan fingerprint density at radius 1 is 1.11 bits per heavy atom. The average molecular weight is 390 g/mol. The fourth-order valence-electron chi connectivity index (χ4n) is 3.02. The number of ether oxygens (including phenoxy) is 1. The summed E-state index contributed by atoms with van der Waals surface area (Å²) in [6, 6.07) is 1.82. The molecule has 1 aromatic heterocycles. The molecule has 1 amide bonds. The molecule has 2 aliphatic heterocycles. The van der Waals surface area contributed by atoms with E-state index >= 15 is 0 Å². The molecule has 2 aliphatic rings. The van der Waals surface area contributed by atoms with Crippen LogP contribution in [0.25, 0.3) is 0 Å². The molecular formula is C19H31BN4O4. The Labute approximate surface area is 167 Å². The van der Waals surface area contributed by atoms with Crippen LogP contribution in [-0.4, -0.2) is 71.1 Å². The Bertz CT molecular complexity index is 711. The molecule has 2 saturated heterocycles. The van der Waals surface area contributed by atoms with Crippen molar-refractivity contribution in [2.45, 2.75) is 65.3 Å². The number of anilines is 1. The first-order chi connectivity index (χ1) is 12.9. The molecule has 9 heteroatoms. The van der Waals surface area contributed by atoms with Crippen LogP contribution < -0.4 is 10.5 Å². The Kier molecular flexibility index (Phi) is 5.35. The van der Waals surface area contributed by atoms with Gasteiger partial charge in [0, 0.05) is 32.4 Å². The highest BCUT2D eigenvalue weighted by molar-refractivity contribution is 6.61. The van der Waals surface area contributed by atoms with Gasteiger partial charge in [-0.25, -0.2) is 14.8 Å². The number of carbonyl (C=O) groups excluding carboxylic acids is 1. The second-order valence-corrected chi connectivity index (χ2v) is 9.32. The molecule has 8 nitrogen and oxygen atoms in total. The number of hydrogen-bond acceptors (Lipinski definition) is 7. The minimum Gasteiger partial charge on any atom is -0.444 e. The number of nitrogens with zero attached hydrogens (tertiary/aromatic N) is 4. The smallest absolute Gasteiger partial charge is 0.444 e. The van der Waals surface area contributed by atoms with Gasteiger partial charge in [0.15, 0.2) is 0 Å². The van der Waals surface area contributed by atoms with E-state index in [9.17, 15) is 4.79 Å². The van der Waals surface area contributed by atoms with E-state index in [0.717, 1.165) is 0 Å². The number of hydrogen-bond donors (Lipinski definition) is 0. The Morgan fingerprint density at radius 3 is 2.21 bits per heavy atom. The first-order valence-electron chi connectivity index (χ1n) is 9.79. The van der Waals surface area contributed by atoms with E-state index in [2.05, 4.69) is 14.9 Å². The quantitative estimate of drug-likeness (QED) is 0.713. The molecule has 0 N–H and O–H groups in total. The van der Waals surface area contributed by atoms with Gasteiger partial charge in [-0.1, -0.05) is 0 Å². The summed E-state index contributed by atoms with van der Waals surface area (Å²) >= 11 is 0. The predicted molar refractivity (Wildman–Crippen MR) is 108 cm³/mol. The summed E-state index contributed by atoms with van der Waals surface area (Å²) in [6.07, 6.45) is 1.45. The number of amides is 1. The maximum atomic E-state index is 12.2. The van der Waals surface area contributed by atoms with Gasteiger partial charge in [-0.05, 0) is 54.5 Å². The summed E-state index contributed by atoms with van der Waals surface area (Å²) in [5.74, 6) is 0.621. The largest absolute Gasteiger partial charge is 0.514 e. The fourth-order valence-corrected chi connectivity index (χ4v) is 3.02. The van der Waals surface area contributed by atoms with E-state index in [1.807, 2.05) is 54.5 Å². The standard InChI is InChI=1S/C19H31BN4O4/c1-17(2,3)26-16(25)24-12-10-23(11-13-24)15-21-9-8-14(22-15)20-27-18(4,5)19(6,7)28-20/h8-9H,10-13H2,1-7H3. The Morgan fingerprint density at radius 2 is 1.68 bits per heavy atom. The minimum absolute atomic E-state index is 0.279. The third-order valence-corrected chi connectivity index (χ3v) is 5.37. The molecular weight excluding hydrogens is 359 g/mol. The van der Waals surface area contributed by atoms with Crippen LogP contribution in [0, 0.1) is 0 Å². The van der Waals surface area contributed by atoms with E-state index in [4.69, 9.17) is 14.0 Å². The summed E-state index contributed by atoms with van der Waals surface area (Å²) in [5.41, 5.74) is -0.615. The van der Waals surface area contributed by atoms with Crippen molar-refractivity contribution < 1.29 is 18.8 Å². The van der Waals surface area contributed by atoms with Crippen LogP contribution in [0.15, 0.2) is 12.3 Å². The minimum atomic E-state index is -0.519. The van der Waals surface area contributed by atoms with Crippen molar-refractivity contribution in [3.05, 3.63) is 12.3 Å². The predicted octanol–water partition coefficient (Wildman–Crippen LogP) is 1.83. The summed E-state index contributed by atoms with van der Waals surface area (Å²) in [4.78, 5) is 25.1. The van der Waals surface area contributed by atoms with E-state index in [1.165, 1.54) is 0 Å². The van der Waals surface area contributed by atoms with Gasteiger partial charge in [0.1, 0.15) is 5.60 Å². The van der Waals surface area contributed by atoms with Gasteiger partial charge >= 0.3 is 13.2 Å². The Hall–Kier alpha value is -1.87. The van der Waals surface area contributed by atoms with Crippen molar-refractivity contribution in [1.82, 2.24) is 14.9 Å². The molecule has 0 spiro atoms. The third kappa shape index (κ3) is 4.41. The van der Waals surface area contributed by atoms with Crippen LogP contribution in [0.5, 0.6) is 0 Å². The lowest BCUT2D eigenvalue weighted by molar-refractivity contribution is 0.00578. The molecule has 0 aromatic carbocycles. The topological polar surface area (TPSA) is 77.0 Å². The van der Waals surface area contributed by atoms with Crippen molar-refractivity contribution >= 4 is 24.8 Å². The summed E-state index contributed by atoms with van der Waals surface area (Å²) in [7, 11) is -0.519. The lowest BCUT2D eigenvalue weighted by Gasteiger charge is -2.35. The normalized spacial score (nSPS) is 21.8. The number of piperazine rings is 1. The van der Waals surface area contributed by atoms with Gasteiger partial charge in [-0.2, -0.15) is 0 Å². The third-order valence-electron chi connectivity index (χ3n) is 5.37. The summed E-state index contributed by atoms with van der Waals surface area (Å²) in [5, 5.41) is 0. The zero-order chi connectivity index (χ0) is 20.7. The lowest BCUT2D eigenvalue weighted by Crippen LogP contribution is -2.51. The van der Waals surface area contributed by atoms with E-state index in [-0.39, 0.29) is 6.09 Å². The Balaban J connectivity index is 1.64. The first kappa shape index (κ1) is 20.9. The molecule has 154 valence electrons. The summed E-state index contributed by atoms with van der Waals surface area (Å²) in [6.45, 7) is 16.1. The van der Waals surface area contributed by atoms with Gasteiger partial charge in [0.05, 0.1) is 16.8 Å². The van der Waals surface area contributed by atoms with Crippen LogP contribution in [0.3, 0.4) is 0 Å². The van der Waals surface area contributed by atoms with E-state index < -0.39 is 23.9 Å². The molecule has 0 bridgehead atoms. The van der Waals surface area contributed by atoms with Crippen molar-refractivity contribution in [3.63, 3.8) is 0 Å². The molecule has 3 rings (SSSR count). The van der Waals surface area contributed by atoms with Crippen LogP contribution in [0.2, 0.25) is 0 Å². The molecule has 0 atom stereocenters. The molecule has 0 radical (unpaired) electrons. The highest BCUT2D eigenvalue weighted by Gasteiger charge is 2.52. The first-order valence-corrected chi connectivity index (χ1v) is 9.79. The van der Waals surface area contributed by atoms with Crippen LogP contribution in [0.1, 0.15) is 48.5 Å². The molecule has 2 fully saturated rings. The van der Waals surface area contributed by atoms with Crippen LogP contribution in [0.4, 0.5) is 10.7 Å².